The molecule has 1 saturated carbocycles. The van der Waals surface area contributed by atoms with Gasteiger partial charge in [0.25, 0.3) is 0 Å². The normalized spacial score (nSPS) is 7.57. The summed E-state index contributed by atoms with van der Waals surface area (Å²) in [4.78, 5) is 20.0. The van der Waals surface area contributed by atoms with Crippen molar-refractivity contribution in [3.05, 3.63) is 35.9 Å². The quantitative estimate of drug-likeness (QED) is 0.0510. The Morgan fingerprint density at radius 2 is 1.00 bits per heavy atom. The highest BCUT2D eigenvalue weighted by molar-refractivity contribution is 9.08. The summed E-state index contributed by atoms with van der Waals surface area (Å²) in [6.45, 7) is 50.4. The molecule has 0 saturated heterocycles. The molecule has 0 radical (unpaired) electrons. The molecule has 1 aromatic carbocycles. The van der Waals surface area contributed by atoms with Gasteiger partial charge in [0.05, 0.1) is 7.18 Å². The highest BCUT2D eigenvalue weighted by atomic mass is 79.9. The number of hydrogen-bond donors (Lipinski definition) is 4. The van der Waals surface area contributed by atoms with Crippen molar-refractivity contribution in [2.75, 3.05) is 75.5 Å². The Morgan fingerprint density at radius 1 is 0.840 bits per heavy atom. The number of carbonyl (C=O) groups excluding carboxylic acids is 1. The summed E-state index contributed by atoms with van der Waals surface area (Å²) in [5, 5.41) is 34.3. The molecule has 75 heavy (non-hydrogen) atoms. The van der Waals surface area contributed by atoms with E-state index in [0.717, 1.165) is 30.2 Å². The van der Waals surface area contributed by atoms with Crippen molar-refractivity contribution in [1.29, 1.82) is 0 Å². The minimum Gasteiger partial charge on any atom is -0.411 e. The monoisotopic (exact) mass is 1200 g/mol. The second kappa shape index (κ2) is 189. The summed E-state index contributed by atoms with van der Waals surface area (Å²) in [7, 11) is 12.2. The lowest BCUT2D eigenvalue weighted by Gasteiger charge is -1.97. The molecule has 1 aliphatic carbocycles. The average Bonchev–Trinajstić information content (AvgIpc) is 4.15. The van der Waals surface area contributed by atoms with Gasteiger partial charge < -0.3 is 50.8 Å². The number of aliphatic hydroxyl groups excluding tert-OH is 1. The Balaban J connectivity index is -0.0000000240. The van der Waals surface area contributed by atoms with Crippen molar-refractivity contribution >= 4 is 81.3 Å². The first-order valence-electron chi connectivity index (χ1n) is 21.9. The Bertz CT molecular complexity index is 890. The van der Waals surface area contributed by atoms with Crippen LogP contribution in [-0.2, 0) is 25.8 Å². The zero-order valence-corrected chi connectivity index (χ0v) is 52.6. The van der Waals surface area contributed by atoms with E-state index in [-0.39, 0.29) is 28.4 Å². The van der Waals surface area contributed by atoms with Crippen molar-refractivity contribution in [1.82, 2.24) is 10.4 Å². The molecule has 0 amide bonds. The molecule has 468 valence electrons. The molecule has 1 fully saturated rings. The van der Waals surface area contributed by atoms with Gasteiger partial charge in [-0.2, -0.15) is 28.5 Å². The van der Waals surface area contributed by atoms with Crippen LogP contribution in [0.2, 0.25) is 0 Å². The second-order valence-corrected chi connectivity index (χ2v) is 12.2. The van der Waals surface area contributed by atoms with E-state index < -0.39 is 12.6 Å². The summed E-state index contributed by atoms with van der Waals surface area (Å²) >= 11 is 7.58. The summed E-state index contributed by atoms with van der Waals surface area (Å²) < 4.78 is 65.5. The van der Waals surface area contributed by atoms with Crippen LogP contribution in [0.4, 0.5) is 26.3 Å². The highest BCUT2D eigenvalue weighted by Gasteiger charge is 2.15. The van der Waals surface area contributed by atoms with Crippen LogP contribution in [-0.4, -0.2) is 157 Å². The van der Waals surface area contributed by atoms with Crippen molar-refractivity contribution in [2.45, 2.75) is 157 Å². The number of nitrogens with one attached hydrogen (secondary N) is 1. The fraction of sp³-hybridized carbons (Fsp3) is 0.725. The SMILES string of the molecule is C.C.C=NC.C=NN.C=NN(C)C.C=NNC.C=NO.C=NOC.C=NOCc1ccccc1.C=O.CBr.CC.CC(C)C.CC(F)(F)F.CC(F)F.CC1CC1.CCC.CCC(C)C.CCO.CCl.CF.COC. The first-order valence-corrected chi connectivity index (χ1v) is 24.3. The molecule has 0 aromatic heterocycles. The number of halogens is 8. The maximum atomic E-state index is 10.4. The maximum Gasteiger partial charge on any atom is 0.386 e. The van der Waals surface area contributed by atoms with E-state index in [1.165, 1.54) is 39.2 Å². The Labute approximate surface area is 473 Å². The predicted octanol–water partition coefficient (Wildman–Crippen LogP) is 16.2. The van der Waals surface area contributed by atoms with Gasteiger partial charge in [0.2, 0.25) is 6.43 Å². The maximum absolute atomic E-state index is 10.4. The molecular weight excluding hydrogens is 1080 g/mol. The molecule has 0 bridgehead atoms. The number of oxime groups is 3. The number of hydrazone groups is 3. The molecule has 2 rings (SSSR count). The summed E-state index contributed by atoms with van der Waals surface area (Å²) in [5.41, 5.74) is 3.55. The van der Waals surface area contributed by atoms with E-state index in [1.807, 2.05) is 70.9 Å². The molecule has 0 aliphatic heterocycles. The largest absolute Gasteiger partial charge is 0.411 e. The van der Waals surface area contributed by atoms with E-state index in [4.69, 9.17) is 19.9 Å². The average molecular weight is 1200 g/mol. The molecule has 0 heterocycles. The van der Waals surface area contributed by atoms with E-state index in [0.29, 0.717) is 13.8 Å². The molecule has 0 atom stereocenters. The minimum atomic E-state index is -4.00. The third-order valence-corrected chi connectivity index (χ3v) is 3.42. The van der Waals surface area contributed by atoms with Crippen molar-refractivity contribution in [3.8, 4) is 0 Å². The van der Waals surface area contributed by atoms with Crippen LogP contribution in [0.5, 0.6) is 0 Å². The summed E-state index contributed by atoms with van der Waals surface area (Å²) in [5.74, 6) is 8.97. The van der Waals surface area contributed by atoms with Crippen LogP contribution in [0.3, 0.4) is 0 Å². The molecular formula is C51H122BrClF6N10O6. The topological polar surface area (TPSA) is 213 Å². The van der Waals surface area contributed by atoms with Gasteiger partial charge in [-0.15, -0.1) is 27.1 Å². The number of methoxy groups -OCH3 is 1. The molecule has 1 aliphatic rings. The fourth-order valence-electron chi connectivity index (χ4n) is 0.861. The molecule has 16 nitrogen and oxygen atoms in total. The molecule has 24 heteroatoms. The van der Waals surface area contributed by atoms with Crippen LogP contribution < -0.4 is 11.3 Å². The molecule has 1 aromatic rings. The number of carbonyl (C=O) groups is 1. The minimum absolute atomic E-state index is 0. The summed E-state index contributed by atoms with van der Waals surface area (Å²) in [6.07, 6.45) is 0.833. The van der Waals surface area contributed by atoms with Gasteiger partial charge in [-0.05, 0) is 49.7 Å². The van der Waals surface area contributed by atoms with E-state index in [1.54, 1.807) is 40.2 Å². The zero-order valence-electron chi connectivity index (χ0n) is 50.3. The van der Waals surface area contributed by atoms with Gasteiger partial charge in [0.1, 0.15) is 20.5 Å². The number of aliphatic hydroxyl groups is 1. The lowest BCUT2D eigenvalue weighted by atomic mass is 10.2. The number of benzene rings is 1. The number of rotatable bonds is 7. The smallest absolute Gasteiger partial charge is 0.386 e. The van der Waals surface area contributed by atoms with Crippen LogP contribution in [0.25, 0.3) is 0 Å². The third kappa shape index (κ3) is 1150. The predicted molar refractivity (Wildman–Crippen MR) is 334 cm³/mol. The van der Waals surface area contributed by atoms with Gasteiger partial charge in [-0.3, -0.25) is 4.39 Å². The standard InChI is InChI=1S/C8H9NO.C5H12.C4H8.C4H10.C3H8N2.C3H8.C2H3F3.C2H4F2.C2H6N2.C2H5NO.C2H5N.2C2H6O.C2H6.CH3Br.CH3Cl.CH3F.CH4N2.CH3NO.CH2O.2CH4/c1-9-10-7-8-5-3-2-4-6-8;1-4-5(2)3;1-4-2-3-4;1-4(2)3;1-4-5(2)3;1-3-2;1-2(3,4)5;1-2(3)4;2*1-3-4-2;2*1-3-2;1-2-3;4*1-2;1-3-2;1-2-3;1-2;;/h2-6H,1,7H2;5H,4H2,1-3H3;4H,2-3H2,1H3;4H,1-3H3;1H2,2-3H3;3H2,1-2H3;1H3;2H,1H3;4H,1H2,2H3;1H2,2H3;1H2,2H3;1-2H3;3H,2H2,1H3;1-2H3;3*1H3;1-2H2;3H,1H2;1H2;2*1H4. The van der Waals surface area contributed by atoms with Crippen molar-refractivity contribution in [2.24, 2.45) is 59.4 Å². The number of alkyl halides is 8. The second-order valence-electron chi connectivity index (χ2n) is 12.2. The third-order valence-electron chi connectivity index (χ3n) is 3.42. The van der Waals surface area contributed by atoms with E-state index in [2.05, 4.69) is 193 Å². The Morgan fingerprint density at radius 3 is 1.08 bits per heavy atom. The first kappa shape index (κ1) is 134. The van der Waals surface area contributed by atoms with Gasteiger partial charge in [-0.25, -0.2) is 8.78 Å². The summed E-state index contributed by atoms with van der Waals surface area (Å²) in [6, 6.07) is 9.84. The molecule has 0 spiro atoms. The van der Waals surface area contributed by atoms with E-state index >= 15 is 0 Å². The van der Waals surface area contributed by atoms with E-state index in [9.17, 15) is 26.3 Å². The number of nitrogens with zero attached hydrogens (tertiary/aromatic N) is 8. The Hall–Kier alpha value is -4.35. The number of ether oxygens (including phenoxy) is 1. The van der Waals surface area contributed by atoms with Crippen molar-refractivity contribution in [3.63, 3.8) is 0 Å². The molecule has 5 N–H and O–H groups in total. The van der Waals surface area contributed by atoms with Gasteiger partial charge in [0.15, 0.2) is 0 Å². The highest BCUT2D eigenvalue weighted by Crippen LogP contribution is 2.26. The van der Waals surface area contributed by atoms with Crippen molar-refractivity contribution < 1.29 is 55.9 Å². The van der Waals surface area contributed by atoms with Crippen LogP contribution in [0.15, 0.2) is 66.1 Å². The molecule has 0 unspecified atom stereocenters. The Kier molecular flexibility index (Phi) is 337. The van der Waals surface area contributed by atoms with Gasteiger partial charge >= 0.3 is 6.18 Å². The number of hydrogen-bond acceptors (Lipinski definition) is 16. The zero-order chi connectivity index (χ0) is 63.5. The lowest BCUT2D eigenvalue weighted by Crippen LogP contribution is -1.98. The fourth-order valence-corrected chi connectivity index (χ4v) is 0.861. The van der Waals surface area contributed by atoms with Gasteiger partial charge in [0, 0.05) is 103 Å². The number of nitrogens with two attached hydrogens (primary N) is 1. The van der Waals surface area contributed by atoms with Crippen LogP contribution in [0, 0.1) is 17.8 Å². The lowest BCUT2D eigenvalue weighted by molar-refractivity contribution is -0.110. The number of aliphatic imine (C=N–C) groups is 1. The van der Waals surface area contributed by atoms with Crippen LogP contribution in [0.1, 0.15) is 143 Å². The van der Waals surface area contributed by atoms with Gasteiger partial charge in [-0.1, -0.05) is 163 Å². The first-order chi connectivity index (χ1) is 34.1. The van der Waals surface area contributed by atoms with Crippen LogP contribution >= 0.6 is 27.5 Å².